The number of carbonyl (C=O) groups excluding carboxylic acids is 1. The first-order chi connectivity index (χ1) is 13.6. The summed E-state index contributed by atoms with van der Waals surface area (Å²) in [5.41, 5.74) is 2.32. The van der Waals surface area contributed by atoms with E-state index in [9.17, 15) is 4.79 Å². The lowest BCUT2D eigenvalue weighted by atomic mass is 9.79. The van der Waals surface area contributed by atoms with Crippen molar-refractivity contribution < 1.29 is 9.63 Å². The number of benzene rings is 1. The van der Waals surface area contributed by atoms with Crippen LogP contribution in [0.25, 0.3) is 0 Å². The Bertz CT molecular complexity index is 729. The van der Waals surface area contributed by atoms with Gasteiger partial charge in [-0.1, -0.05) is 37.2 Å². The van der Waals surface area contributed by atoms with Gasteiger partial charge in [-0.3, -0.25) is 4.79 Å². The lowest BCUT2D eigenvalue weighted by Crippen LogP contribution is -2.50. The van der Waals surface area contributed by atoms with E-state index in [2.05, 4.69) is 23.9 Å². The van der Waals surface area contributed by atoms with Crippen molar-refractivity contribution >= 4 is 17.3 Å². The molecule has 0 unspecified atom stereocenters. The monoisotopic (exact) mass is 383 g/mol. The summed E-state index contributed by atoms with van der Waals surface area (Å²) < 4.78 is 0. The Kier molecular flexibility index (Phi) is 5.72. The van der Waals surface area contributed by atoms with Gasteiger partial charge in [0.25, 0.3) is 5.91 Å². The molecule has 0 spiro atoms. The largest absolute Gasteiger partial charge is 0.398 e. The molecule has 152 valence electrons. The Hall–Kier alpha value is -1.88. The van der Waals surface area contributed by atoms with E-state index < -0.39 is 0 Å². The second-order valence-electron chi connectivity index (χ2n) is 8.89. The molecule has 1 amide bonds. The van der Waals surface area contributed by atoms with Crippen molar-refractivity contribution in [3.05, 3.63) is 29.8 Å². The summed E-state index contributed by atoms with van der Waals surface area (Å²) >= 11 is 0. The molecular weight excluding hydrogens is 350 g/mol. The number of para-hydroxylation sites is 1. The fourth-order valence-corrected chi connectivity index (χ4v) is 5.41. The molecule has 2 aliphatic heterocycles. The summed E-state index contributed by atoms with van der Waals surface area (Å²) in [7, 11) is 1.50. The zero-order chi connectivity index (χ0) is 19.7. The number of likely N-dealkylation sites (tertiary alicyclic amines) is 1. The fraction of sp³-hybridized carbons (Fsp3) is 0.652. The number of hydrogen-bond acceptors (Lipinski definition) is 4. The Morgan fingerprint density at radius 2 is 1.68 bits per heavy atom. The van der Waals surface area contributed by atoms with E-state index in [1.807, 2.05) is 29.2 Å². The molecule has 0 radical (unpaired) electrons. The maximum Gasteiger partial charge on any atom is 0.281 e. The van der Waals surface area contributed by atoms with Crippen LogP contribution in [-0.2, 0) is 9.63 Å². The highest BCUT2D eigenvalue weighted by molar-refractivity contribution is 6.54. The highest BCUT2D eigenvalue weighted by Gasteiger charge is 2.40. The third kappa shape index (κ3) is 3.57. The maximum absolute atomic E-state index is 13.0. The Labute approximate surface area is 168 Å². The van der Waals surface area contributed by atoms with Crippen LogP contribution in [0, 0.1) is 11.8 Å². The van der Waals surface area contributed by atoms with Gasteiger partial charge in [-0.2, -0.15) is 0 Å². The van der Waals surface area contributed by atoms with Gasteiger partial charge in [0.1, 0.15) is 7.11 Å². The van der Waals surface area contributed by atoms with Gasteiger partial charge in [-0.15, -0.1) is 0 Å². The Balaban J connectivity index is 1.40. The first-order valence-electron chi connectivity index (χ1n) is 10.9. The molecule has 4 rings (SSSR count). The van der Waals surface area contributed by atoms with E-state index in [0.717, 1.165) is 55.1 Å². The van der Waals surface area contributed by atoms with Gasteiger partial charge < -0.3 is 14.6 Å². The molecule has 2 heterocycles. The minimum atomic E-state index is -0.0149. The highest BCUT2D eigenvalue weighted by Crippen LogP contribution is 2.36. The third-order valence-electron chi connectivity index (χ3n) is 7.09. The van der Waals surface area contributed by atoms with Gasteiger partial charge in [-0.25, -0.2) is 0 Å². The predicted molar refractivity (Wildman–Crippen MR) is 113 cm³/mol. The zero-order valence-electron chi connectivity index (χ0n) is 17.4. The smallest absolute Gasteiger partial charge is 0.281 e. The van der Waals surface area contributed by atoms with E-state index >= 15 is 0 Å². The number of amides is 1. The average Bonchev–Trinajstić information content (AvgIpc) is 3.00. The molecule has 3 aliphatic rings. The van der Waals surface area contributed by atoms with Crippen molar-refractivity contribution in [1.82, 2.24) is 4.90 Å². The van der Waals surface area contributed by atoms with E-state index in [4.69, 9.17) is 4.84 Å². The maximum atomic E-state index is 13.0. The molecule has 5 heteroatoms. The summed E-state index contributed by atoms with van der Waals surface area (Å²) in [6.07, 6.45) is 7.48. The Morgan fingerprint density at radius 3 is 2.32 bits per heavy atom. The van der Waals surface area contributed by atoms with Crippen LogP contribution in [0.3, 0.4) is 0 Å². The van der Waals surface area contributed by atoms with Crippen LogP contribution >= 0.6 is 0 Å². The number of carbonyl (C=O) groups is 1. The molecule has 1 saturated carbocycles. The van der Waals surface area contributed by atoms with Crippen LogP contribution in [0.5, 0.6) is 0 Å². The summed E-state index contributed by atoms with van der Waals surface area (Å²) in [5, 5.41) is 4.02. The van der Waals surface area contributed by atoms with E-state index in [-0.39, 0.29) is 11.9 Å². The van der Waals surface area contributed by atoms with E-state index in [1.54, 1.807) is 0 Å². The predicted octanol–water partition coefficient (Wildman–Crippen LogP) is 4.06. The number of anilines is 1. The molecular formula is C23H33N3O2. The minimum Gasteiger partial charge on any atom is -0.398 e. The van der Waals surface area contributed by atoms with Gasteiger partial charge in [0.05, 0.1) is 5.69 Å². The normalized spacial score (nSPS) is 28.2. The third-order valence-corrected chi connectivity index (χ3v) is 7.09. The van der Waals surface area contributed by atoms with Crippen molar-refractivity contribution in [2.45, 2.75) is 64.5 Å². The van der Waals surface area contributed by atoms with Crippen molar-refractivity contribution in [2.75, 3.05) is 25.1 Å². The van der Waals surface area contributed by atoms with Crippen LogP contribution in [0.2, 0.25) is 0 Å². The number of fused-ring (bicyclic) bond motifs is 1. The molecule has 1 aromatic carbocycles. The van der Waals surface area contributed by atoms with Crippen LogP contribution < -0.4 is 4.90 Å². The molecule has 0 bridgehead atoms. The van der Waals surface area contributed by atoms with Crippen molar-refractivity contribution in [3.63, 3.8) is 0 Å². The first-order valence-corrected chi connectivity index (χ1v) is 10.9. The number of hydrogen-bond donors (Lipinski definition) is 0. The molecule has 1 aliphatic carbocycles. The lowest BCUT2D eigenvalue weighted by Gasteiger charge is -2.43. The number of rotatable bonds is 4. The van der Waals surface area contributed by atoms with Crippen LogP contribution in [-0.4, -0.2) is 48.8 Å². The molecule has 1 aromatic rings. The summed E-state index contributed by atoms with van der Waals surface area (Å²) in [4.78, 5) is 22.6. The summed E-state index contributed by atoms with van der Waals surface area (Å²) in [6, 6.07) is 8.94. The Morgan fingerprint density at radius 1 is 1.00 bits per heavy atom. The van der Waals surface area contributed by atoms with Gasteiger partial charge in [0, 0.05) is 30.7 Å². The minimum absolute atomic E-state index is 0.0149. The van der Waals surface area contributed by atoms with Crippen LogP contribution in [0.4, 0.5) is 5.69 Å². The van der Waals surface area contributed by atoms with Gasteiger partial charge >= 0.3 is 0 Å². The SMILES string of the molecule is CON=C1C(=O)N(C2CCN(C3CCC(C(C)C)CC3)CC2)c2ccccc21. The van der Waals surface area contributed by atoms with E-state index in [0.29, 0.717) is 5.71 Å². The van der Waals surface area contributed by atoms with Crippen molar-refractivity contribution in [2.24, 2.45) is 17.0 Å². The topological polar surface area (TPSA) is 45.1 Å². The molecule has 0 atom stereocenters. The number of oxime groups is 1. The molecule has 2 fully saturated rings. The van der Waals surface area contributed by atoms with Crippen molar-refractivity contribution in [3.8, 4) is 0 Å². The fourth-order valence-electron chi connectivity index (χ4n) is 5.41. The molecule has 0 aromatic heterocycles. The van der Waals surface area contributed by atoms with E-state index in [1.165, 1.54) is 32.8 Å². The molecule has 5 nitrogen and oxygen atoms in total. The number of nitrogens with zero attached hydrogens (tertiary/aromatic N) is 3. The van der Waals surface area contributed by atoms with Gasteiger partial charge in [-0.05, 0) is 56.4 Å². The second-order valence-corrected chi connectivity index (χ2v) is 8.89. The highest BCUT2D eigenvalue weighted by atomic mass is 16.6. The van der Waals surface area contributed by atoms with Crippen LogP contribution in [0.1, 0.15) is 57.9 Å². The first kappa shape index (κ1) is 19.4. The average molecular weight is 384 g/mol. The molecule has 28 heavy (non-hydrogen) atoms. The van der Waals surface area contributed by atoms with Crippen molar-refractivity contribution in [1.29, 1.82) is 0 Å². The molecule has 0 N–H and O–H groups in total. The van der Waals surface area contributed by atoms with Gasteiger partial charge in [0.15, 0.2) is 5.71 Å². The van der Waals surface area contributed by atoms with Crippen LogP contribution in [0.15, 0.2) is 29.4 Å². The molecule has 1 saturated heterocycles. The standard InChI is InChI=1S/C23H33N3O2/c1-16(2)17-8-10-18(11-9-17)25-14-12-19(13-15-25)26-21-7-5-4-6-20(21)22(23(26)27)24-28-3/h4-7,16-19H,8-15H2,1-3H3. The number of piperidine rings is 1. The quantitative estimate of drug-likeness (QED) is 0.737. The second kappa shape index (κ2) is 8.24. The lowest BCUT2D eigenvalue weighted by molar-refractivity contribution is -0.113. The van der Waals surface area contributed by atoms with Gasteiger partial charge in [0.2, 0.25) is 0 Å². The summed E-state index contributed by atoms with van der Waals surface area (Å²) in [6.45, 7) is 6.90. The summed E-state index contributed by atoms with van der Waals surface area (Å²) in [5.74, 6) is 1.71. The zero-order valence-corrected chi connectivity index (χ0v) is 17.4.